The van der Waals surface area contributed by atoms with Crippen LogP contribution in [-0.4, -0.2) is 16.5 Å². The number of hydrogen-bond acceptors (Lipinski definition) is 2. The summed E-state index contributed by atoms with van der Waals surface area (Å²) in [5.74, 6) is 0.608. The van der Waals surface area contributed by atoms with Gasteiger partial charge in [-0.3, -0.25) is 0 Å². The molecule has 0 atom stereocenters. The molecule has 0 aromatic carbocycles. The van der Waals surface area contributed by atoms with Gasteiger partial charge in [0.05, 0.1) is 0 Å². The molecule has 2 heteroatoms. The van der Waals surface area contributed by atoms with Crippen LogP contribution in [0.15, 0.2) is 11.6 Å². The molecule has 2 nitrogen and oxygen atoms in total. The molecule has 11 heavy (non-hydrogen) atoms. The van der Waals surface area contributed by atoms with E-state index >= 15 is 0 Å². The summed E-state index contributed by atoms with van der Waals surface area (Å²) in [5.41, 5.74) is 1.14. The number of aliphatic hydroxyl groups is 2. The predicted molar refractivity (Wildman–Crippen MR) is 43.9 cm³/mol. The second-order valence-electron chi connectivity index (χ2n) is 3.31. The molecule has 0 unspecified atom stereocenters. The first-order valence-electron chi connectivity index (χ1n) is 4.24. The predicted octanol–water partition coefficient (Wildman–Crippen LogP) is 1.43. The van der Waals surface area contributed by atoms with Crippen LogP contribution in [0.2, 0.25) is 0 Å². The van der Waals surface area contributed by atoms with Gasteiger partial charge < -0.3 is 10.2 Å². The summed E-state index contributed by atoms with van der Waals surface area (Å²) in [7, 11) is 0. The lowest BCUT2D eigenvalue weighted by atomic mass is 9.99. The molecule has 1 aliphatic carbocycles. The molecule has 1 aliphatic rings. The topological polar surface area (TPSA) is 40.5 Å². The van der Waals surface area contributed by atoms with E-state index in [2.05, 4.69) is 0 Å². The number of hydrogen-bond donors (Lipinski definition) is 2. The molecule has 1 saturated carbocycles. The molecule has 0 saturated heterocycles. The summed E-state index contributed by atoms with van der Waals surface area (Å²) in [6.07, 6.45) is 5.28. The minimum absolute atomic E-state index is 0.608. The molecule has 0 amide bonds. The smallest absolute Gasteiger partial charge is 0.171 e. The van der Waals surface area contributed by atoms with Gasteiger partial charge in [-0.05, 0) is 31.8 Å². The van der Waals surface area contributed by atoms with E-state index in [-0.39, 0.29) is 0 Å². The van der Waals surface area contributed by atoms with Gasteiger partial charge >= 0.3 is 0 Å². The van der Waals surface area contributed by atoms with Crippen LogP contribution in [0.1, 0.15) is 32.6 Å². The maximum absolute atomic E-state index is 8.66. The van der Waals surface area contributed by atoms with Crippen molar-refractivity contribution < 1.29 is 10.2 Å². The summed E-state index contributed by atoms with van der Waals surface area (Å²) in [6.45, 7) is 1.98. The van der Waals surface area contributed by atoms with Crippen LogP contribution in [0.3, 0.4) is 0 Å². The zero-order valence-corrected chi connectivity index (χ0v) is 6.95. The van der Waals surface area contributed by atoms with Gasteiger partial charge in [-0.25, -0.2) is 0 Å². The molecular weight excluding hydrogens is 140 g/mol. The van der Waals surface area contributed by atoms with Gasteiger partial charge in [-0.2, -0.15) is 0 Å². The summed E-state index contributed by atoms with van der Waals surface area (Å²) in [6, 6.07) is 0. The molecule has 0 spiro atoms. The summed E-state index contributed by atoms with van der Waals surface area (Å²) in [4.78, 5) is 0. The highest BCUT2D eigenvalue weighted by molar-refractivity contribution is 5.05. The van der Waals surface area contributed by atoms with Crippen LogP contribution in [-0.2, 0) is 0 Å². The molecule has 0 aromatic rings. The average molecular weight is 156 g/mol. The van der Waals surface area contributed by atoms with Gasteiger partial charge in [0.25, 0.3) is 0 Å². The first-order chi connectivity index (χ1) is 5.20. The average Bonchev–Trinajstić information content (AvgIpc) is 2.35. The van der Waals surface area contributed by atoms with Crippen molar-refractivity contribution in [2.75, 3.05) is 0 Å². The second-order valence-corrected chi connectivity index (χ2v) is 3.31. The Kier molecular flexibility index (Phi) is 3.09. The lowest BCUT2D eigenvalue weighted by Crippen LogP contribution is -2.03. The highest BCUT2D eigenvalue weighted by Gasteiger charge is 2.16. The van der Waals surface area contributed by atoms with Gasteiger partial charge in [0.1, 0.15) is 0 Å². The Balaban J connectivity index is 2.45. The largest absolute Gasteiger partial charge is 0.365 e. The van der Waals surface area contributed by atoms with E-state index in [9.17, 15) is 0 Å². The molecule has 0 aliphatic heterocycles. The van der Waals surface area contributed by atoms with Crippen LogP contribution in [0, 0.1) is 5.92 Å². The highest BCUT2D eigenvalue weighted by atomic mass is 16.5. The lowest BCUT2D eigenvalue weighted by Gasteiger charge is -2.09. The van der Waals surface area contributed by atoms with Crippen LogP contribution < -0.4 is 0 Å². The Bertz CT molecular complexity index is 144. The van der Waals surface area contributed by atoms with Crippen molar-refractivity contribution in [1.82, 2.24) is 0 Å². The molecule has 64 valence electrons. The van der Waals surface area contributed by atoms with Crippen molar-refractivity contribution in [1.29, 1.82) is 0 Å². The van der Waals surface area contributed by atoms with E-state index < -0.39 is 6.29 Å². The Morgan fingerprint density at radius 1 is 1.36 bits per heavy atom. The maximum atomic E-state index is 8.66. The van der Waals surface area contributed by atoms with Crippen LogP contribution in [0.4, 0.5) is 0 Å². The summed E-state index contributed by atoms with van der Waals surface area (Å²) < 4.78 is 0. The van der Waals surface area contributed by atoms with Gasteiger partial charge in [0.2, 0.25) is 0 Å². The molecule has 0 bridgehead atoms. The van der Waals surface area contributed by atoms with Crippen molar-refractivity contribution in [2.45, 2.75) is 38.9 Å². The molecular formula is C9H16O2. The van der Waals surface area contributed by atoms with E-state index in [1.165, 1.54) is 31.8 Å². The van der Waals surface area contributed by atoms with Gasteiger partial charge in [0.15, 0.2) is 6.29 Å². The molecule has 2 N–H and O–H groups in total. The van der Waals surface area contributed by atoms with Crippen LogP contribution in [0.5, 0.6) is 0 Å². The van der Waals surface area contributed by atoms with Crippen molar-refractivity contribution in [3.63, 3.8) is 0 Å². The maximum Gasteiger partial charge on any atom is 0.171 e. The number of aliphatic hydroxyl groups excluding tert-OH is 1. The quantitative estimate of drug-likeness (QED) is 0.469. The van der Waals surface area contributed by atoms with E-state index in [0.717, 1.165) is 5.57 Å². The van der Waals surface area contributed by atoms with Crippen LogP contribution >= 0.6 is 0 Å². The van der Waals surface area contributed by atoms with E-state index in [4.69, 9.17) is 10.2 Å². The Morgan fingerprint density at radius 3 is 2.36 bits per heavy atom. The summed E-state index contributed by atoms with van der Waals surface area (Å²) >= 11 is 0. The molecule has 0 heterocycles. The third-order valence-electron chi connectivity index (χ3n) is 2.41. The van der Waals surface area contributed by atoms with E-state index in [0.29, 0.717) is 5.92 Å². The molecule has 0 aromatic heterocycles. The fraction of sp³-hybridized carbons (Fsp3) is 0.778. The minimum Gasteiger partial charge on any atom is -0.365 e. The van der Waals surface area contributed by atoms with Gasteiger partial charge in [0, 0.05) is 0 Å². The monoisotopic (exact) mass is 156 g/mol. The first kappa shape index (κ1) is 8.75. The van der Waals surface area contributed by atoms with Crippen molar-refractivity contribution >= 4 is 0 Å². The van der Waals surface area contributed by atoms with E-state index in [1.807, 2.05) is 6.92 Å². The highest BCUT2D eigenvalue weighted by Crippen LogP contribution is 2.30. The normalized spacial score (nSPS) is 21.6. The van der Waals surface area contributed by atoms with Gasteiger partial charge in [-0.15, -0.1) is 0 Å². The van der Waals surface area contributed by atoms with Crippen molar-refractivity contribution in [3.8, 4) is 0 Å². The van der Waals surface area contributed by atoms with Crippen LogP contribution in [0.25, 0.3) is 0 Å². The standard InChI is InChI=1S/C9H16O2/c1-7(6-9(10)11)8-4-2-3-5-8/h6,8-11H,2-5H2,1H3/b7-6+. The molecule has 0 radical (unpaired) electrons. The third kappa shape index (κ3) is 2.64. The Labute approximate surface area is 67.6 Å². The zero-order chi connectivity index (χ0) is 8.27. The molecule has 1 fully saturated rings. The van der Waals surface area contributed by atoms with Crippen molar-refractivity contribution in [2.24, 2.45) is 5.92 Å². The first-order valence-corrected chi connectivity index (χ1v) is 4.24. The molecule has 1 rings (SSSR count). The van der Waals surface area contributed by atoms with Crippen molar-refractivity contribution in [3.05, 3.63) is 11.6 Å². The number of allylic oxidation sites excluding steroid dienone is 1. The fourth-order valence-corrected chi connectivity index (χ4v) is 1.75. The SMILES string of the molecule is C/C(=C\C(O)O)C1CCCC1. The Hall–Kier alpha value is -0.340. The second kappa shape index (κ2) is 3.88. The van der Waals surface area contributed by atoms with Gasteiger partial charge in [-0.1, -0.05) is 18.4 Å². The summed E-state index contributed by atoms with van der Waals surface area (Å²) in [5, 5.41) is 17.3. The minimum atomic E-state index is -1.27. The zero-order valence-electron chi connectivity index (χ0n) is 6.95. The lowest BCUT2D eigenvalue weighted by molar-refractivity contribution is 0.00135. The fourth-order valence-electron chi connectivity index (χ4n) is 1.75. The Morgan fingerprint density at radius 2 is 1.91 bits per heavy atom. The van der Waals surface area contributed by atoms with E-state index in [1.54, 1.807) is 0 Å². The number of rotatable bonds is 2. The third-order valence-corrected chi connectivity index (χ3v) is 2.41.